The van der Waals surface area contributed by atoms with Crippen molar-refractivity contribution in [2.45, 2.75) is 38.9 Å². The number of benzene rings is 1. The van der Waals surface area contributed by atoms with E-state index in [-0.39, 0.29) is 11.2 Å². The molecule has 0 bridgehead atoms. The highest BCUT2D eigenvalue weighted by atomic mass is 19.4. The Morgan fingerprint density at radius 3 is 2.23 bits per heavy atom. The van der Waals surface area contributed by atoms with Crippen LogP contribution in [-0.2, 0) is 16.8 Å². The summed E-state index contributed by atoms with van der Waals surface area (Å²) in [6.07, 6.45) is -3.27. The van der Waals surface area contributed by atoms with Crippen LogP contribution in [0.2, 0.25) is 0 Å². The van der Waals surface area contributed by atoms with E-state index in [0.717, 1.165) is 11.5 Å². The largest absolute Gasteiger partial charge is 0.490 e. The zero-order valence-electron chi connectivity index (χ0n) is 17.0. The highest BCUT2D eigenvalue weighted by molar-refractivity contribution is 5.73. The molecule has 0 spiro atoms. The van der Waals surface area contributed by atoms with Gasteiger partial charge in [-0.15, -0.1) is 10.2 Å². The fraction of sp³-hybridized carbons (Fsp3) is 0.300. The summed E-state index contributed by atoms with van der Waals surface area (Å²) in [6.45, 7) is 6.89. The third kappa shape index (κ3) is 7.05. The molecule has 0 saturated heterocycles. The van der Waals surface area contributed by atoms with E-state index in [9.17, 15) is 17.6 Å². The molecule has 3 aromatic rings. The van der Waals surface area contributed by atoms with Crippen molar-refractivity contribution in [2.24, 2.45) is 0 Å². The molecule has 3 N–H and O–H groups in total. The molecule has 0 amide bonds. The molecule has 0 aliphatic heterocycles. The molecule has 2 heterocycles. The first-order valence-corrected chi connectivity index (χ1v) is 9.05. The van der Waals surface area contributed by atoms with Gasteiger partial charge in [0.25, 0.3) is 0 Å². The maximum atomic E-state index is 13.7. The number of halogens is 4. The highest BCUT2D eigenvalue weighted by Gasteiger charge is 2.38. The lowest BCUT2D eigenvalue weighted by Crippen LogP contribution is -2.21. The van der Waals surface area contributed by atoms with Crippen molar-refractivity contribution in [1.82, 2.24) is 20.2 Å². The molecule has 0 aliphatic rings. The molecule has 31 heavy (non-hydrogen) atoms. The van der Waals surface area contributed by atoms with Gasteiger partial charge in [0.1, 0.15) is 17.5 Å². The molecule has 166 valence electrons. The number of carboxylic acid groups (broad SMARTS) is 1. The Labute approximate surface area is 175 Å². The summed E-state index contributed by atoms with van der Waals surface area (Å²) in [5, 5.41) is 18.5. The van der Waals surface area contributed by atoms with Crippen LogP contribution in [0.25, 0.3) is 11.3 Å². The number of hydrogen-bond donors (Lipinski definition) is 3. The van der Waals surface area contributed by atoms with E-state index >= 15 is 0 Å². The second-order valence-corrected chi connectivity index (χ2v) is 7.45. The zero-order valence-corrected chi connectivity index (χ0v) is 17.0. The fourth-order valence-corrected chi connectivity index (χ4v) is 2.26. The van der Waals surface area contributed by atoms with Crippen LogP contribution in [0.5, 0.6) is 0 Å². The molecule has 0 radical (unpaired) electrons. The molecule has 1 aromatic carbocycles. The van der Waals surface area contributed by atoms with Crippen molar-refractivity contribution < 1.29 is 27.5 Å². The van der Waals surface area contributed by atoms with Crippen LogP contribution in [0.3, 0.4) is 0 Å². The van der Waals surface area contributed by atoms with Crippen molar-refractivity contribution in [2.75, 3.05) is 5.32 Å². The molecule has 2 aromatic heterocycles. The monoisotopic (exact) mass is 439 g/mol. The molecule has 0 fully saturated rings. The van der Waals surface area contributed by atoms with E-state index in [0.29, 0.717) is 23.6 Å². The number of aromatic nitrogens is 4. The Bertz CT molecular complexity index is 1010. The number of carboxylic acids is 1. The van der Waals surface area contributed by atoms with Crippen molar-refractivity contribution in [3.8, 4) is 11.3 Å². The molecule has 0 aliphatic carbocycles. The number of aromatic amines is 1. The summed E-state index contributed by atoms with van der Waals surface area (Å²) in [6, 6.07) is 10.1. The standard InChI is InChI=1S/C18H20FN5.C2HF3O2/c1-18(2,3)17-21-11-12(22-17)10-20-16-9-8-15(23-24-16)13-6-4-5-7-14(13)19;3-2(4,5)1(6)7/h4-9,11H,10H2,1-3H3,(H,20,24)(H,21,22);(H,6,7). The molecule has 0 saturated carbocycles. The van der Waals surface area contributed by atoms with E-state index in [2.05, 4.69) is 46.3 Å². The van der Waals surface area contributed by atoms with E-state index < -0.39 is 12.1 Å². The Morgan fingerprint density at radius 1 is 1.10 bits per heavy atom. The minimum Gasteiger partial charge on any atom is -0.475 e. The number of aliphatic carboxylic acids is 1. The summed E-state index contributed by atoms with van der Waals surface area (Å²) < 4.78 is 45.5. The SMILES string of the molecule is CC(C)(C)c1ncc(CNc2ccc(-c3ccccc3F)nn2)[nH]1.O=C(O)C(F)(F)F. The van der Waals surface area contributed by atoms with Gasteiger partial charge in [-0.25, -0.2) is 14.2 Å². The Kier molecular flexibility index (Phi) is 7.32. The summed E-state index contributed by atoms with van der Waals surface area (Å²) in [5.41, 5.74) is 1.91. The van der Waals surface area contributed by atoms with Crippen molar-refractivity contribution in [1.29, 1.82) is 0 Å². The van der Waals surface area contributed by atoms with Gasteiger partial charge in [-0.1, -0.05) is 32.9 Å². The normalized spacial score (nSPS) is 11.5. The predicted octanol–water partition coefficient (Wildman–Crippen LogP) is 4.55. The minimum absolute atomic E-state index is 0.0144. The number of carbonyl (C=O) groups is 1. The second kappa shape index (κ2) is 9.54. The van der Waals surface area contributed by atoms with E-state index in [1.54, 1.807) is 30.3 Å². The van der Waals surface area contributed by atoms with Crippen LogP contribution >= 0.6 is 0 Å². The molecule has 11 heteroatoms. The van der Waals surface area contributed by atoms with Gasteiger partial charge >= 0.3 is 12.1 Å². The van der Waals surface area contributed by atoms with Gasteiger partial charge in [-0.05, 0) is 24.3 Å². The number of nitrogens with zero attached hydrogens (tertiary/aromatic N) is 3. The number of alkyl halides is 3. The molecular weight excluding hydrogens is 418 g/mol. The van der Waals surface area contributed by atoms with Gasteiger partial charge in [0, 0.05) is 11.0 Å². The summed E-state index contributed by atoms with van der Waals surface area (Å²) >= 11 is 0. The number of nitrogens with one attached hydrogen (secondary N) is 2. The van der Waals surface area contributed by atoms with Crippen LogP contribution in [0, 0.1) is 5.82 Å². The van der Waals surface area contributed by atoms with Crippen molar-refractivity contribution >= 4 is 11.8 Å². The highest BCUT2D eigenvalue weighted by Crippen LogP contribution is 2.21. The number of imidazole rings is 1. The number of H-pyrrole nitrogens is 1. The molecule has 7 nitrogen and oxygen atoms in total. The third-order valence-corrected chi connectivity index (χ3v) is 3.86. The first-order chi connectivity index (χ1) is 14.4. The van der Waals surface area contributed by atoms with Crippen LogP contribution in [0.1, 0.15) is 32.3 Å². The summed E-state index contributed by atoms with van der Waals surface area (Å²) in [5.74, 6) is -1.49. The first kappa shape index (κ1) is 23.8. The minimum atomic E-state index is -5.08. The maximum absolute atomic E-state index is 13.7. The van der Waals surface area contributed by atoms with E-state index in [1.165, 1.54) is 6.07 Å². The van der Waals surface area contributed by atoms with Crippen LogP contribution < -0.4 is 5.32 Å². The zero-order chi connectivity index (χ0) is 23.2. The Balaban J connectivity index is 0.000000423. The fourth-order valence-electron chi connectivity index (χ4n) is 2.26. The van der Waals surface area contributed by atoms with Gasteiger partial charge in [0.05, 0.1) is 24.1 Å². The van der Waals surface area contributed by atoms with Gasteiger partial charge in [-0.2, -0.15) is 13.2 Å². The van der Waals surface area contributed by atoms with Crippen LogP contribution in [-0.4, -0.2) is 37.4 Å². The third-order valence-electron chi connectivity index (χ3n) is 3.86. The summed E-state index contributed by atoms with van der Waals surface area (Å²) in [7, 11) is 0. The summed E-state index contributed by atoms with van der Waals surface area (Å²) in [4.78, 5) is 16.6. The predicted molar refractivity (Wildman–Crippen MR) is 106 cm³/mol. The van der Waals surface area contributed by atoms with Crippen LogP contribution in [0.15, 0.2) is 42.6 Å². The molecular formula is C20H21F4N5O2. The molecule has 0 unspecified atom stereocenters. The quantitative estimate of drug-likeness (QED) is 0.516. The first-order valence-electron chi connectivity index (χ1n) is 9.05. The van der Waals surface area contributed by atoms with Gasteiger partial charge < -0.3 is 15.4 Å². The maximum Gasteiger partial charge on any atom is 0.490 e. The average molecular weight is 439 g/mol. The lowest BCUT2D eigenvalue weighted by Gasteiger charge is -2.14. The van der Waals surface area contributed by atoms with Crippen LogP contribution in [0.4, 0.5) is 23.4 Å². The molecule has 3 rings (SSSR count). The number of anilines is 1. The van der Waals surface area contributed by atoms with Gasteiger partial charge in [0.2, 0.25) is 0 Å². The topological polar surface area (TPSA) is 104 Å². The van der Waals surface area contributed by atoms with E-state index in [4.69, 9.17) is 9.90 Å². The Morgan fingerprint density at radius 2 is 1.74 bits per heavy atom. The average Bonchev–Trinajstić information content (AvgIpc) is 3.17. The van der Waals surface area contributed by atoms with Crippen molar-refractivity contribution in [3.63, 3.8) is 0 Å². The van der Waals surface area contributed by atoms with E-state index in [1.807, 2.05) is 6.20 Å². The van der Waals surface area contributed by atoms with Gasteiger partial charge in [0.15, 0.2) is 0 Å². The van der Waals surface area contributed by atoms with Crippen molar-refractivity contribution in [3.05, 3.63) is 59.9 Å². The molecule has 0 atom stereocenters. The smallest absolute Gasteiger partial charge is 0.475 e. The second-order valence-electron chi connectivity index (χ2n) is 7.45. The van der Waals surface area contributed by atoms with Gasteiger partial charge in [-0.3, -0.25) is 0 Å². The lowest BCUT2D eigenvalue weighted by atomic mass is 9.96. The Hall–Kier alpha value is -3.50. The number of rotatable bonds is 4. The number of hydrogen-bond acceptors (Lipinski definition) is 5. The lowest BCUT2D eigenvalue weighted by molar-refractivity contribution is -0.192.